The maximum Gasteiger partial charge on any atom is 0.274 e. The van der Waals surface area contributed by atoms with Crippen LogP contribution in [0.15, 0.2) is 36.8 Å². The summed E-state index contributed by atoms with van der Waals surface area (Å²) in [4.78, 5) is 17.9. The molecule has 5 nitrogen and oxygen atoms in total. The molecule has 0 saturated heterocycles. The van der Waals surface area contributed by atoms with Gasteiger partial charge in [-0.2, -0.15) is 0 Å². The molecule has 1 amide bonds. The number of nitrogens with zero attached hydrogens (tertiary/aromatic N) is 3. The average molecular weight is 282 g/mol. The van der Waals surface area contributed by atoms with E-state index in [0.717, 1.165) is 11.1 Å². The zero-order valence-electron chi connectivity index (χ0n) is 12.2. The summed E-state index contributed by atoms with van der Waals surface area (Å²) < 4.78 is 1.75. The van der Waals surface area contributed by atoms with Crippen LogP contribution >= 0.6 is 0 Å². The smallest absolute Gasteiger partial charge is 0.274 e. The van der Waals surface area contributed by atoms with E-state index in [4.69, 9.17) is 5.73 Å². The third kappa shape index (κ3) is 3.94. The van der Waals surface area contributed by atoms with E-state index in [2.05, 4.69) is 16.8 Å². The first kappa shape index (κ1) is 14.8. The number of carbonyl (C=O) groups excluding carboxylic acids is 1. The molecule has 2 aromatic rings. The van der Waals surface area contributed by atoms with E-state index in [1.54, 1.807) is 29.0 Å². The van der Waals surface area contributed by atoms with Crippen LogP contribution in [0.1, 0.15) is 21.6 Å². The Morgan fingerprint density at radius 3 is 2.95 bits per heavy atom. The van der Waals surface area contributed by atoms with Crippen molar-refractivity contribution in [2.75, 3.05) is 13.6 Å². The molecule has 0 bridgehead atoms. The predicted octanol–water partition coefficient (Wildman–Crippen LogP) is 1.00. The molecule has 1 heterocycles. The highest BCUT2D eigenvalue weighted by atomic mass is 16.2. The van der Waals surface area contributed by atoms with Gasteiger partial charge in [-0.3, -0.25) is 4.79 Å². The summed E-state index contributed by atoms with van der Waals surface area (Å²) in [6, 6.07) is 7.78. The minimum atomic E-state index is -0.103. The predicted molar refractivity (Wildman–Crippen MR) is 81.4 cm³/mol. The Bertz CT molecular complexity index is 694. The van der Waals surface area contributed by atoms with Gasteiger partial charge in [-0.05, 0) is 17.7 Å². The Balaban J connectivity index is 2.08. The lowest BCUT2D eigenvalue weighted by Crippen LogP contribution is -2.26. The molecule has 1 aromatic heterocycles. The number of hydrogen-bond donors (Lipinski definition) is 1. The van der Waals surface area contributed by atoms with Gasteiger partial charge in [0.1, 0.15) is 5.69 Å². The average Bonchev–Trinajstić information content (AvgIpc) is 2.91. The SMILES string of the molecule is CN(Cc1cccc(C#CCN)c1)C(=O)c1cn(C)cn1. The van der Waals surface area contributed by atoms with E-state index in [0.29, 0.717) is 18.8 Å². The van der Waals surface area contributed by atoms with Crippen molar-refractivity contribution >= 4 is 5.91 Å². The fraction of sp³-hybridized carbons (Fsp3) is 0.250. The summed E-state index contributed by atoms with van der Waals surface area (Å²) in [7, 11) is 3.60. The van der Waals surface area contributed by atoms with Crippen LogP contribution in [-0.2, 0) is 13.6 Å². The number of benzene rings is 1. The molecule has 0 aliphatic heterocycles. The van der Waals surface area contributed by atoms with Crippen LogP contribution in [0.25, 0.3) is 0 Å². The van der Waals surface area contributed by atoms with Crippen LogP contribution in [0.4, 0.5) is 0 Å². The van der Waals surface area contributed by atoms with Gasteiger partial charge < -0.3 is 15.2 Å². The van der Waals surface area contributed by atoms with E-state index in [-0.39, 0.29) is 5.91 Å². The van der Waals surface area contributed by atoms with E-state index in [1.807, 2.05) is 31.3 Å². The summed E-state index contributed by atoms with van der Waals surface area (Å²) in [5, 5.41) is 0. The highest BCUT2D eigenvalue weighted by Crippen LogP contribution is 2.09. The lowest BCUT2D eigenvalue weighted by molar-refractivity contribution is 0.0779. The van der Waals surface area contributed by atoms with Gasteiger partial charge in [-0.1, -0.05) is 24.0 Å². The third-order valence-corrected chi connectivity index (χ3v) is 2.95. The van der Waals surface area contributed by atoms with Crippen LogP contribution in [-0.4, -0.2) is 34.0 Å². The van der Waals surface area contributed by atoms with Crippen molar-refractivity contribution in [3.8, 4) is 11.8 Å². The Labute approximate surface area is 124 Å². The standard InChI is InChI=1S/C16H18N4O/c1-19-11-15(18-12-19)16(21)20(2)10-14-6-3-5-13(9-14)7-4-8-17/h3,5-6,9,11-12H,8,10,17H2,1-2H3. The lowest BCUT2D eigenvalue weighted by Gasteiger charge is -2.16. The number of carbonyl (C=O) groups is 1. The van der Waals surface area contributed by atoms with Crippen LogP contribution in [0, 0.1) is 11.8 Å². The summed E-state index contributed by atoms with van der Waals surface area (Å²) >= 11 is 0. The fourth-order valence-electron chi connectivity index (χ4n) is 1.97. The maximum atomic E-state index is 12.2. The molecule has 5 heteroatoms. The van der Waals surface area contributed by atoms with Gasteiger partial charge in [0.15, 0.2) is 0 Å². The van der Waals surface area contributed by atoms with Gasteiger partial charge in [-0.15, -0.1) is 0 Å². The monoisotopic (exact) mass is 282 g/mol. The first-order valence-corrected chi connectivity index (χ1v) is 6.61. The summed E-state index contributed by atoms with van der Waals surface area (Å²) in [5.74, 6) is 5.71. The molecule has 2 N–H and O–H groups in total. The third-order valence-electron chi connectivity index (χ3n) is 2.95. The Morgan fingerprint density at radius 1 is 1.48 bits per heavy atom. The minimum Gasteiger partial charge on any atom is -0.340 e. The largest absolute Gasteiger partial charge is 0.340 e. The minimum absolute atomic E-state index is 0.103. The van der Waals surface area contributed by atoms with Gasteiger partial charge >= 0.3 is 0 Å². The number of rotatable bonds is 3. The summed E-state index contributed by atoms with van der Waals surface area (Å²) in [5.41, 5.74) is 7.73. The van der Waals surface area contributed by atoms with Crippen molar-refractivity contribution in [3.63, 3.8) is 0 Å². The molecule has 0 aliphatic carbocycles. The molecule has 0 saturated carbocycles. The van der Waals surface area contributed by atoms with Crippen LogP contribution in [0.3, 0.4) is 0 Å². The Morgan fingerprint density at radius 2 is 2.29 bits per heavy atom. The number of nitrogens with two attached hydrogens (primary N) is 1. The second kappa shape index (κ2) is 6.73. The molecule has 1 aromatic carbocycles. The topological polar surface area (TPSA) is 64.2 Å². The van der Waals surface area contributed by atoms with Gasteiger partial charge in [0.05, 0.1) is 12.9 Å². The van der Waals surface area contributed by atoms with Gasteiger partial charge in [-0.25, -0.2) is 4.98 Å². The summed E-state index contributed by atoms with van der Waals surface area (Å²) in [6.45, 7) is 0.843. The normalized spacial score (nSPS) is 9.86. The van der Waals surface area contributed by atoms with E-state index in [9.17, 15) is 4.79 Å². The molecule has 108 valence electrons. The fourth-order valence-corrected chi connectivity index (χ4v) is 1.97. The molecule has 2 rings (SSSR count). The molecule has 0 unspecified atom stereocenters. The lowest BCUT2D eigenvalue weighted by atomic mass is 10.1. The number of aryl methyl sites for hydroxylation is 1. The first-order chi connectivity index (χ1) is 10.1. The Hall–Kier alpha value is -2.58. The zero-order chi connectivity index (χ0) is 15.2. The van der Waals surface area contributed by atoms with Gasteiger partial charge in [0.25, 0.3) is 5.91 Å². The van der Waals surface area contributed by atoms with Crippen molar-refractivity contribution in [1.82, 2.24) is 14.5 Å². The second-order valence-corrected chi connectivity index (χ2v) is 4.79. The number of amides is 1. The van der Waals surface area contributed by atoms with Crippen molar-refractivity contribution < 1.29 is 4.79 Å². The van der Waals surface area contributed by atoms with Gasteiger partial charge in [0.2, 0.25) is 0 Å². The van der Waals surface area contributed by atoms with Crippen molar-refractivity contribution in [2.24, 2.45) is 12.8 Å². The number of imidazole rings is 1. The molecule has 0 radical (unpaired) electrons. The second-order valence-electron chi connectivity index (χ2n) is 4.79. The molecular weight excluding hydrogens is 264 g/mol. The molecule has 0 fully saturated rings. The van der Waals surface area contributed by atoms with Crippen molar-refractivity contribution in [1.29, 1.82) is 0 Å². The number of aromatic nitrogens is 2. The van der Waals surface area contributed by atoms with Crippen LogP contribution < -0.4 is 5.73 Å². The van der Waals surface area contributed by atoms with Crippen molar-refractivity contribution in [3.05, 3.63) is 53.6 Å². The highest BCUT2D eigenvalue weighted by molar-refractivity contribution is 5.91. The molecular formula is C16H18N4O. The highest BCUT2D eigenvalue weighted by Gasteiger charge is 2.14. The van der Waals surface area contributed by atoms with Crippen LogP contribution in [0.2, 0.25) is 0 Å². The summed E-state index contributed by atoms with van der Waals surface area (Å²) in [6.07, 6.45) is 3.33. The van der Waals surface area contributed by atoms with Crippen molar-refractivity contribution in [2.45, 2.75) is 6.54 Å². The maximum absolute atomic E-state index is 12.2. The first-order valence-electron chi connectivity index (χ1n) is 6.61. The molecule has 0 atom stereocenters. The Kier molecular flexibility index (Phi) is 4.75. The molecule has 0 spiro atoms. The molecule has 21 heavy (non-hydrogen) atoms. The van der Waals surface area contributed by atoms with E-state index in [1.165, 1.54) is 0 Å². The van der Waals surface area contributed by atoms with E-state index >= 15 is 0 Å². The van der Waals surface area contributed by atoms with Gasteiger partial charge in [0, 0.05) is 32.4 Å². The zero-order valence-corrected chi connectivity index (χ0v) is 12.2. The number of hydrogen-bond acceptors (Lipinski definition) is 3. The van der Waals surface area contributed by atoms with E-state index < -0.39 is 0 Å². The van der Waals surface area contributed by atoms with Crippen LogP contribution in [0.5, 0.6) is 0 Å². The quantitative estimate of drug-likeness (QED) is 0.854. The molecule has 0 aliphatic rings.